The van der Waals surface area contributed by atoms with Gasteiger partial charge in [-0.05, 0) is 16.7 Å². The van der Waals surface area contributed by atoms with Crippen molar-refractivity contribution < 1.29 is 34.3 Å². The second-order valence-corrected chi connectivity index (χ2v) is 8.56. The predicted octanol–water partition coefficient (Wildman–Crippen LogP) is 2.41. The van der Waals surface area contributed by atoms with E-state index in [4.69, 9.17) is 9.47 Å². The molecular weight excluding hydrogens is 448 g/mol. The highest BCUT2D eigenvalue weighted by molar-refractivity contribution is 5.69. The summed E-state index contributed by atoms with van der Waals surface area (Å²) < 4.78 is 17.2. The Morgan fingerprint density at radius 2 is 1.17 bits per heavy atom. The second-order valence-electron chi connectivity index (χ2n) is 8.56. The molecule has 1 aliphatic rings. The lowest BCUT2D eigenvalue weighted by atomic mass is 9.80. The molecule has 35 heavy (non-hydrogen) atoms. The Morgan fingerprint density at radius 3 is 1.60 bits per heavy atom. The Balaban J connectivity index is 1.72. The first-order valence-corrected chi connectivity index (χ1v) is 11.5. The predicted molar refractivity (Wildman–Crippen MR) is 128 cm³/mol. The molecule has 0 bridgehead atoms. The van der Waals surface area contributed by atoms with Gasteiger partial charge in [0.2, 0.25) is 0 Å². The summed E-state index contributed by atoms with van der Waals surface area (Å²) in [7, 11) is 1.23. The number of carbonyl (C=O) groups is 1. The summed E-state index contributed by atoms with van der Waals surface area (Å²) in [4.78, 5) is 11.8. The van der Waals surface area contributed by atoms with Gasteiger partial charge in [-0.3, -0.25) is 4.79 Å². The number of ether oxygens (including phenoxy) is 3. The van der Waals surface area contributed by atoms with Crippen molar-refractivity contribution in [1.82, 2.24) is 0 Å². The quantitative estimate of drug-likeness (QED) is 0.337. The van der Waals surface area contributed by atoms with Gasteiger partial charge < -0.3 is 29.5 Å². The Kier molecular flexibility index (Phi) is 7.95. The molecule has 5 atom stereocenters. The Morgan fingerprint density at radius 1 is 0.743 bits per heavy atom. The molecule has 3 N–H and O–H groups in total. The van der Waals surface area contributed by atoms with E-state index in [1.54, 1.807) is 0 Å². The highest BCUT2D eigenvalue weighted by atomic mass is 16.6. The molecule has 0 radical (unpaired) electrons. The van der Waals surface area contributed by atoms with E-state index >= 15 is 0 Å². The Labute approximate surface area is 204 Å². The molecule has 3 aromatic carbocycles. The van der Waals surface area contributed by atoms with E-state index < -0.39 is 42.1 Å². The lowest BCUT2D eigenvalue weighted by molar-refractivity contribution is -0.239. The number of rotatable bonds is 8. The van der Waals surface area contributed by atoms with E-state index in [1.807, 2.05) is 91.0 Å². The molecule has 0 spiro atoms. The molecule has 3 aromatic rings. The molecule has 1 saturated heterocycles. The first-order chi connectivity index (χ1) is 17.0. The standard InChI is InChI=1S/C28H30O7/c1-33-24(29)17-22-25(30)27(32)26(31)23(35-22)18-34-28(19-11-5-2-6-12-19,20-13-7-3-8-14-20)21-15-9-4-10-16-21/h2-16,22-23,25-27,30-32H,17-18H2,1H3/t22-,23+,25-,26+,27+/m0/s1. The van der Waals surface area contributed by atoms with E-state index in [0.29, 0.717) is 0 Å². The van der Waals surface area contributed by atoms with Crippen molar-refractivity contribution in [3.05, 3.63) is 108 Å². The molecule has 0 aliphatic carbocycles. The fourth-order valence-electron chi connectivity index (χ4n) is 4.56. The average Bonchev–Trinajstić information content (AvgIpc) is 2.91. The topological polar surface area (TPSA) is 105 Å². The zero-order valence-corrected chi connectivity index (χ0v) is 19.4. The highest BCUT2D eigenvalue weighted by Crippen LogP contribution is 2.41. The third kappa shape index (κ3) is 5.15. The van der Waals surface area contributed by atoms with Gasteiger partial charge in [0.1, 0.15) is 30.0 Å². The third-order valence-corrected chi connectivity index (χ3v) is 6.41. The fraction of sp³-hybridized carbons (Fsp3) is 0.321. The van der Waals surface area contributed by atoms with E-state index in [1.165, 1.54) is 7.11 Å². The van der Waals surface area contributed by atoms with Crippen molar-refractivity contribution in [2.45, 2.75) is 42.5 Å². The monoisotopic (exact) mass is 478 g/mol. The van der Waals surface area contributed by atoms with Crippen LogP contribution in [0.3, 0.4) is 0 Å². The molecule has 4 rings (SSSR count). The third-order valence-electron chi connectivity index (χ3n) is 6.41. The van der Waals surface area contributed by atoms with Crippen LogP contribution in [0.2, 0.25) is 0 Å². The van der Waals surface area contributed by atoms with Crippen LogP contribution in [0.15, 0.2) is 91.0 Å². The lowest BCUT2D eigenvalue weighted by Gasteiger charge is -2.42. The van der Waals surface area contributed by atoms with Gasteiger partial charge in [0, 0.05) is 0 Å². The number of aliphatic hydroxyl groups is 3. The van der Waals surface area contributed by atoms with Crippen molar-refractivity contribution in [2.24, 2.45) is 0 Å². The van der Waals surface area contributed by atoms with Crippen LogP contribution in [0, 0.1) is 0 Å². The molecular formula is C28H30O7. The second kappa shape index (κ2) is 11.1. The molecule has 1 aliphatic heterocycles. The molecule has 7 nitrogen and oxygen atoms in total. The zero-order chi connectivity index (χ0) is 24.8. The normalized spacial score (nSPS) is 24.6. The highest BCUT2D eigenvalue weighted by Gasteiger charge is 2.46. The minimum absolute atomic E-state index is 0.124. The van der Waals surface area contributed by atoms with E-state index in [0.717, 1.165) is 16.7 Å². The van der Waals surface area contributed by atoms with Crippen LogP contribution < -0.4 is 0 Å². The number of carbonyl (C=O) groups excluding carboxylic acids is 1. The number of hydrogen-bond acceptors (Lipinski definition) is 7. The fourth-order valence-corrected chi connectivity index (χ4v) is 4.56. The van der Waals surface area contributed by atoms with Crippen LogP contribution in [0.5, 0.6) is 0 Å². The maximum Gasteiger partial charge on any atom is 0.308 e. The molecule has 0 amide bonds. The van der Waals surface area contributed by atoms with Gasteiger partial charge in [-0.2, -0.15) is 0 Å². The summed E-state index contributed by atoms with van der Waals surface area (Å²) in [5.41, 5.74) is 1.56. The number of hydrogen-bond donors (Lipinski definition) is 3. The maximum absolute atomic E-state index is 11.8. The molecule has 0 unspecified atom stereocenters. The summed E-state index contributed by atoms with van der Waals surface area (Å²) in [6, 6.07) is 29.2. The molecule has 7 heteroatoms. The Bertz CT molecular complexity index is 978. The van der Waals surface area contributed by atoms with Crippen LogP contribution in [-0.4, -0.2) is 65.5 Å². The van der Waals surface area contributed by atoms with Crippen LogP contribution in [0.25, 0.3) is 0 Å². The van der Waals surface area contributed by atoms with Crippen molar-refractivity contribution in [1.29, 1.82) is 0 Å². The zero-order valence-electron chi connectivity index (χ0n) is 19.4. The first kappa shape index (κ1) is 25.0. The summed E-state index contributed by atoms with van der Waals surface area (Å²) in [6.07, 6.45) is -6.68. The van der Waals surface area contributed by atoms with Crippen molar-refractivity contribution >= 4 is 5.97 Å². The number of esters is 1. The van der Waals surface area contributed by atoms with Gasteiger partial charge in [-0.25, -0.2) is 0 Å². The molecule has 184 valence electrons. The van der Waals surface area contributed by atoms with Gasteiger partial charge in [0.05, 0.1) is 26.2 Å². The van der Waals surface area contributed by atoms with Gasteiger partial charge in [0.25, 0.3) is 0 Å². The lowest BCUT2D eigenvalue weighted by Crippen LogP contribution is -2.59. The van der Waals surface area contributed by atoms with Gasteiger partial charge >= 0.3 is 5.97 Å². The smallest absolute Gasteiger partial charge is 0.308 e. The molecule has 0 saturated carbocycles. The average molecular weight is 479 g/mol. The summed E-state index contributed by atoms with van der Waals surface area (Å²) in [5, 5.41) is 31.5. The minimum Gasteiger partial charge on any atom is -0.469 e. The molecule has 1 fully saturated rings. The largest absolute Gasteiger partial charge is 0.469 e. The Hall–Kier alpha value is -3.07. The first-order valence-electron chi connectivity index (χ1n) is 11.5. The number of aliphatic hydroxyl groups excluding tert-OH is 3. The van der Waals surface area contributed by atoms with Crippen molar-refractivity contribution in [3.8, 4) is 0 Å². The minimum atomic E-state index is -1.51. The molecule has 1 heterocycles. The summed E-state index contributed by atoms with van der Waals surface area (Å²) >= 11 is 0. The number of benzene rings is 3. The van der Waals surface area contributed by atoms with E-state index in [-0.39, 0.29) is 13.0 Å². The number of methoxy groups -OCH3 is 1. The van der Waals surface area contributed by atoms with E-state index in [9.17, 15) is 20.1 Å². The van der Waals surface area contributed by atoms with Crippen LogP contribution >= 0.6 is 0 Å². The van der Waals surface area contributed by atoms with Crippen LogP contribution in [0.1, 0.15) is 23.1 Å². The van der Waals surface area contributed by atoms with Gasteiger partial charge in [-0.1, -0.05) is 91.0 Å². The van der Waals surface area contributed by atoms with Crippen molar-refractivity contribution in [2.75, 3.05) is 13.7 Å². The summed E-state index contributed by atoms with van der Waals surface area (Å²) in [6.45, 7) is -0.124. The SMILES string of the molecule is COC(=O)C[C@@H]1O[C@H](COC(c2ccccc2)(c2ccccc2)c2ccccc2)[C@@H](O)[C@H](O)[C@H]1O. The van der Waals surface area contributed by atoms with E-state index in [2.05, 4.69) is 4.74 Å². The van der Waals surface area contributed by atoms with Gasteiger partial charge in [-0.15, -0.1) is 0 Å². The summed E-state index contributed by atoms with van der Waals surface area (Å²) in [5.74, 6) is -0.593. The van der Waals surface area contributed by atoms with Crippen molar-refractivity contribution in [3.63, 3.8) is 0 Å². The van der Waals surface area contributed by atoms with Crippen LogP contribution in [0.4, 0.5) is 0 Å². The maximum atomic E-state index is 11.8. The van der Waals surface area contributed by atoms with Gasteiger partial charge in [0.15, 0.2) is 0 Å². The molecule has 0 aromatic heterocycles. The van der Waals surface area contributed by atoms with Crippen LogP contribution in [-0.2, 0) is 24.6 Å².